The first-order valence-corrected chi connectivity index (χ1v) is 14.1. The van der Waals surface area contributed by atoms with Gasteiger partial charge in [0, 0.05) is 26.3 Å². The lowest BCUT2D eigenvalue weighted by molar-refractivity contribution is 0.588. The van der Waals surface area contributed by atoms with E-state index in [0.29, 0.717) is 15.8 Å². The molecule has 0 fully saturated rings. The summed E-state index contributed by atoms with van der Waals surface area (Å²) in [5.41, 5.74) is 2.91. The highest BCUT2D eigenvalue weighted by atomic mass is 32.2. The van der Waals surface area contributed by atoms with E-state index in [-0.39, 0.29) is 11.3 Å². The van der Waals surface area contributed by atoms with Crippen LogP contribution in [0.2, 0.25) is 0 Å². The molecule has 0 spiro atoms. The molecule has 6 rings (SSSR count). The molecule has 0 radical (unpaired) electrons. The monoisotopic (exact) mass is 542 g/mol. The van der Waals surface area contributed by atoms with Gasteiger partial charge in [0.1, 0.15) is 16.6 Å². The fourth-order valence-electron chi connectivity index (χ4n) is 4.52. The molecular weight excluding hydrogens is 522 g/mol. The molecule has 38 heavy (non-hydrogen) atoms. The Morgan fingerprint density at radius 1 is 0.895 bits per heavy atom. The van der Waals surface area contributed by atoms with Crippen molar-refractivity contribution >= 4 is 37.8 Å². The molecule has 0 N–H and O–H groups in total. The largest absolute Gasteiger partial charge is 0.263 e. The lowest BCUT2D eigenvalue weighted by Crippen LogP contribution is -2.14. The standard InChI is InChI=1S/C29H20F2N4OS2/c1-18-28(34-29(37-18)20-13-14-32-33-17-20)19-11-12-25-21(15-19)16-26(27-23(30)9-6-10-24(27)31)35(25)38(2,36)22-7-4-3-5-8-22/h3-17H,2H2,1H3. The Labute approximate surface area is 222 Å². The minimum atomic E-state index is -3.20. The van der Waals surface area contributed by atoms with Crippen molar-refractivity contribution in [2.45, 2.75) is 11.8 Å². The van der Waals surface area contributed by atoms with Gasteiger partial charge in [-0.15, -0.1) is 11.3 Å². The van der Waals surface area contributed by atoms with E-state index in [4.69, 9.17) is 4.98 Å². The van der Waals surface area contributed by atoms with Gasteiger partial charge in [-0.3, -0.25) is 3.97 Å². The molecule has 3 aromatic heterocycles. The average molecular weight is 543 g/mol. The van der Waals surface area contributed by atoms with Crippen molar-refractivity contribution in [3.63, 3.8) is 0 Å². The lowest BCUT2D eigenvalue weighted by Gasteiger charge is -2.17. The number of benzene rings is 3. The first kappa shape index (κ1) is 24.1. The summed E-state index contributed by atoms with van der Waals surface area (Å²) >= 11 is 1.54. The number of rotatable bonds is 5. The second kappa shape index (κ2) is 9.27. The zero-order valence-corrected chi connectivity index (χ0v) is 21.8. The van der Waals surface area contributed by atoms with E-state index in [9.17, 15) is 4.21 Å². The summed E-state index contributed by atoms with van der Waals surface area (Å²) < 4.78 is 45.7. The van der Waals surface area contributed by atoms with E-state index < -0.39 is 21.3 Å². The molecule has 1 atom stereocenters. The third-order valence-electron chi connectivity index (χ3n) is 6.28. The van der Waals surface area contributed by atoms with Crippen molar-refractivity contribution in [3.05, 3.63) is 108 Å². The number of hydrogen-bond donors (Lipinski definition) is 0. The lowest BCUT2D eigenvalue weighted by atomic mass is 10.1. The van der Waals surface area contributed by atoms with Crippen LogP contribution < -0.4 is 0 Å². The maximum Gasteiger partial charge on any atom is 0.135 e. The highest BCUT2D eigenvalue weighted by Crippen LogP contribution is 2.38. The summed E-state index contributed by atoms with van der Waals surface area (Å²) in [6, 6.07) is 21.5. The number of hydrogen-bond acceptors (Lipinski definition) is 5. The maximum atomic E-state index is 15.0. The van der Waals surface area contributed by atoms with E-state index in [0.717, 1.165) is 26.7 Å². The maximum absolute atomic E-state index is 15.0. The Morgan fingerprint density at radius 2 is 1.66 bits per heavy atom. The Balaban J connectivity index is 1.58. The molecular formula is C29H20F2N4OS2. The van der Waals surface area contributed by atoms with E-state index in [1.54, 1.807) is 48.8 Å². The van der Waals surface area contributed by atoms with Crippen LogP contribution in [-0.2, 0) is 9.71 Å². The predicted molar refractivity (Wildman–Crippen MR) is 150 cm³/mol. The van der Waals surface area contributed by atoms with E-state index in [2.05, 4.69) is 16.1 Å². The zero-order valence-electron chi connectivity index (χ0n) is 20.1. The van der Waals surface area contributed by atoms with Gasteiger partial charge in [0.15, 0.2) is 0 Å². The van der Waals surface area contributed by atoms with Gasteiger partial charge >= 0.3 is 0 Å². The smallest absolute Gasteiger partial charge is 0.135 e. The molecule has 0 saturated carbocycles. The molecule has 0 bridgehead atoms. The van der Waals surface area contributed by atoms with E-state index in [1.165, 1.54) is 33.5 Å². The van der Waals surface area contributed by atoms with Gasteiger partial charge in [0.2, 0.25) is 0 Å². The van der Waals surface area contributed by atoms with Crippen molar-refractivity contribution < 1.29 is 13.0 Å². The number of nitrogens with zero attached hydrogens (tertiary/aromatic N) is 4. The summed E-state index contributed by atoms with van der Waals surface area (Å²) in [6.45, 7) is 1.98. The minimum Gasteiger partial charge on any atom is -0.263 e. The van der Waals surface area contributed by atoms with Crippen LogP contribution in [0.25, 0.3) is 44.0 Å². The quantitative estimate of drug-likeness (QED) is 0.220. The SMILES string of the molecule is C=S(=O)(c1ccccc1)n1c(-c2c(F)cccc2F)cc2cc(-c3nc(-c4ccnnc4)sc3C)ccc21. The van der Waals surface area contributed by atoms with Crippen LogP contribution in [0.4, 0.5) is 8.78 Å². The fourth-order valence-corrected chi connectivity index (χ4v) is 7.18. The third-order valence-corrected chi connectivity index (χ3v) is 9.30. The summed E-state index contributed by atoms with van der Waals surface area (Å²) in [5.74, 6) is 2.54. The number of fused-ring (bicyclic) bond motifs is 1. The van der Waals surface area contributed by atoms with Gasteiger partial charge in [-0.1, -0.05) is 30.3 Å². The summed E-state index contributed by atoms with van der Waals surface area (Å²) in [5, 5.41) is 9.23. The van der Waals surface area contributed by atoms with Gasteiger partial charge in [0.05, 0.1) is 44.6 Å². The molecule has 0 aliphatic rings. The minimum absolute atomic E-state index is 0.148. The summed E-state index contributed by atoms with van der Waals surface area (Å²) in [7, 11) is -3.20. The molecule has 9 heteroatoms. The van der Waals surface area contributed by atoms with Crippen LogP contribution in [0, 0.1) is 18.6 Å². The van der Waals surface area contributed by atoms with Crippen molar-refractivity contribution in [2.75, 3.05) is 0 Å². The molecule has 1 unspecified atom stereocenters. The molecule has 6 aromatic rings. The topological polar surface area (TPSA) is 60.7 Å². The van der Waals surface area contributed by atoms with Crippen LogP contribution >= 0.6 is 11.3 Å². The molecule has 0 amide bonds. The Kier molecular flexibility index (Phi) is 5.89. The van der Waals surface area contributed by atoms with Gasteiger partial charge in [0.25, 0.3) is 0 Å². The average Bonchev–Trinajstić information content (AvgIpc) is 3.50. The molecule has 0 saturated heterocycles. The van der Waals surface area contributed by atoms with Crippen molar-refractivity contribution in [2.24, 2.45) is 0 Å². The summed E-state index contributed by atoms with van der Waals surface area (Å²) in [4.78, 5) is 6.27. The first-order valence-electron chi connectivity index (χ1n) is 11.6. The van der Waals surface area contributed by atoms with Crippen LogP contribution in [0.5, 0.6) is 0 Å². The number of halogens is 2. The zero-order chi connectivity index (χ0) is 26.4. The van der Waals surface area contributed by atoms with Crippen molar-refractivity contribution in [3.8, 4) is 33.1 Å². The Bertz CT molecular complexity index is 1900. The van der Waals surface area contributed by atoms with Crippen molar-refractivity contribution in [1.29, 1.82) is 0 Å². The fraction of sp³-hybridized carbons (Fsp3) is 0.0345. The normalized spacial score (nSPS) is 13.0. The van der Waals surface area contributed by atoms with Gasteiger partial charge in [-0.2, -0.15) is 10.2 Å². The van der Waals surface area contributed by atoms with Crippen molar-refractivity contribution in [1.82, 2.24) is 19.2 Å². The summed E-state index contributed by atoms with van der Waals surface area (Å²) in [6.07, 6.45) is 3.28. The van der Waals surface area contributed by atoms with Gasteiger partial charge < -0.3 is 0 Å². The van der Waals surface area contributed by atoms with Crippen LogP contribution in [0.15, 0.2) is 96.2 Å². The molecule has 3 aromatic carbocycles. The van der Waals surface area contributed by atoms with Crippen LogP contribution in [0.1, 0.15) is 4.88 Å². The molecule has 3 heterocycles. The van der Waals surface area contributed by atoms with E-state index in [1.807, 2.05) is 31.2 Å². The van der Waals surface area contributed by atoms with Gasteiger partial charge in [-0.25, -0.2) is 18.0 Å². The second-order valence-corrected chi connectivity index (χ2v) is 12.0. The number of thiazole rings is 1. The van der Waals surface area contributed by atoms with E-state index >= 15 is 8.78 Å². The van der Waals surface area contributed by atoms with Crippen LogP contribution in [0.3, 0.4) is 0 Å². The van der Waals surface area contributed by atoms with Crippen LogP contribution in [-0.4, -0.2) is 29.2 Å². The second-order valence-electron chi connectivity index (χ2n) is 8.70. The molecule has 0 aliphatic carbocycles. The highest BCUT2D eigenvalue weighted by molar-refractivity contribution is 7.99. The molecule has 0 aliphatic heterocycles. The Hall–Kier alpha value is -4.21. The number of aryl methyl sites for hydroxylation is 1. The first-order chi connectivity index (χ1) is 18.3. The molecule has 5 nitrogen and oxygen atoms in total. The third kappa shape index (κ3) is 4.00. The predicted octanol–water partition coefficient (Wildman–Crippen LogP) is 7.01. The molecule has 188 valence electrons. The Morgan fingerprint density at radius 3 is 2.37 bits per heavy atom. The van der Waals surface area contributed by atoms with Gasteiger partial charge in [-0.05, 0) is 61.3 Å². The number of aromatic nitrogens is 4. The highest BCUT2D eigenvalue weighted by Gasteiger charge is 2.24.